The van der Waals surface area contributed by atoms with Gasteiger partial charge in [0, 0.05) is 7.05 Å². The number of hydrogen-bond donors (Lipinski definition) is 1. The molecule has 0 atom stereocenters. The van der Waals surface area contributed by atoms with E-state index in [9.17, 15) is 0 Å². The molecule has 0 spiro atoms. The van der Waals surface area contributed by atoms with E-state index in [-0.39, 0.29) is 0 Å². The van der Waals surface area contributed by atoms with Gasteiger partial charge in [-0.15, -0.1) is 0 Å². The van der Waals surface area contributed by atoms with Crippen molar-refractivity contribution in [1.29, 1.82) is 0 Å². The molecule has 1 aromatic heterocycles. The molecule has 21 heavy (non-hydrogen) atoms. The van der Waals surface area contributed by atoms with Gasteiger partial charge in [-0.3, -0.25) is 4.68 Å². The van der Waals surface area contributed by atoms with Gasteiger partial charge in [-0.1, -0.05) is 17.7 Å². The lowest BCUT2D eigenvalue weighted by Crippen LogP contribution is -2.06. The molecule has 2 aromatic rings. The Kier molecular flexibility index (Phi) is 5.09. The Morgan fingerprint density at radius 1 is 1.33 bits per heavy atom. The van der Waals surface area contributed by atoms with E-state index in [1.54, 1.807) is 11.8 Å². The number of methoxy groups -OCH3 is 1. The van der Waals surface area contributed by atoms with Crippen LogP contribution in [0.4, 0.5) is 0 Å². The van der Waals surface area contributed by atoms with Crippen LogP contribution in [0.1, 0.15) is 17.0 Å². The van der Waals surface area contributed by atoms with Gasteiger partial charge in [0.1, 0.15) is 6.61 Å². The molecule has 0 bridgehead atoms. The van der Waals surface area contributed by atoms with E-state index in [0.29, 0.717) is 29.7 Å². The number of aromatic nitrogens is 2. The van der Waals surface area contributed by atoms with E-state index in [1.165, 1.54) is 0 Å². The Balaban J connectivity index is 2.20. The van der Waals surface area contributed by atoms with Crippen molar-refractivity contribution < 1.29 is 9.47 Å². The second kappa shape index (κ2) is 6.83. The average Bonchev–Trinajstić information content (AvgIpc) is 2.71. The molecule has 1 aromatic carbocycles. The molecule has 1 heterocycles. The maximum Gasteiger partial charge on any atom is 0.162 e. The van der Waals surface area contributed by atoms with Crippen molar-refractivity contribution in [2.75, 3.05) is 13.7 Å². The van der Waals surface area contributed by atoms with Crippen LogP contribution in [-0.4, -0.2) is 23.4 Å². The second-order valence-corrected chi connectivity index (χ2v) is 5.16. The Hall–Kier alpha value is -1.72. The highest BCUT2D eigenvalue weighted by Crippen LogP contribution is 2.30. The van der Waals surface area contributed by atoms with Gasteiger partial charge in [0.15, 0.2) is 11.5 Å². The zero-order valence-corrected chi connectivity index (χ0v) is 13.3. The smallest absolute Gasteiger partial charge is 0.162 e. The van der Waals surface area contributed by atoms with Gasteiger partial charge in [0.25, 0.3) is 0 Å². The molecule has 0 saturated carbocycles. The number of halogens is 1. The van der Waals surface area contributed by atoms with Gasteiger partial charge in [-0.05, 0) is 37.6 Å². The van der Waals surface area contributed by atoms with E-state index in [1.807, 2.05) is 32.2 Å². The number of nitrogens with zero attached hydrogens (tertiary/aromatic N) is 2. The first kappa shape index (κ1) is 15.7. The molecule has 2 rings (SSSR count). The van der Waals surface area contributed by atoms with Crippen LogP contribution in [0.5, 0.6) is 11.5 Å². The fourth-order valence-electron chi connectivity index (χ4n) is 2.14. The van der Waals surface area contributed by atoms with Gasteiger partial charge < -0.3 is 15.2 Å². The molecule has 6 heteroatoms. The van der Waals surface area contributed by atoms with Gasteiger partial charge in [0.2, 0.25) is 0 Å². The Bertz CT molecular complexity index is 626. The molecule has 0 unspecified atom stereocenters. The predicted molar refractivity (Wildman–Crippen MR) is 83.0 cm³/mol. The Labute approximate surface area is 129 Å². The quantitative estimate of drug-likeness (QED) is 0.890. The number of rotatable bonds is 6. The first-order valence-electron chi connectivity index (χ1n) is 6.74. The van der Waals surface area contributed by atoms with E-state index in [4.69, 9.17) is 26.8 Å². The largest absolute Gasteiger partial charge is 0.493 e. The SMILES string of the molecule is COc1ccc(CCN)cc1OCc1c(Cl)c(C)nn1C. The van der Waals surface area contributed by atoms with E-state index >= 15 is 0 Å². The topological polar surface area (TPSA) is 62.3 Å². The van der Waals surface area contributed by atoms with Crippen molar-refractivity contribution in [1.82, 2.24) is 9.78 Å². The molecule has 0 radical (unpaired) electrons. The molecule has 0 amide bonds. The maximum absolute atomic E-state index is 6.22. The Morgan fingerprint density at radius 2 is 2.10 bits per heavy atom. The number of benzene rings is 1. The predicted octanol–water partition coefficient (Wildman–Crippen LogP) is 2.47. The van der Waals surface area contributed by atoms with Crippen molar-refractivity contribution in [2.45, 2.75) is 20.0 Å². The van der Waals surface area contributed by atoms with Crippen molar-refractivity contribution in [3.8, 4) is 11.5 Å². The normalized spacial score (nSPS) is 10.7. The summed E-state index contributed by atoms with van der Waals surface area (Å²) >= 11 is 6.22. The third-order valence-electron chi connectivity index (χ3n) is 3.29. The van der Waals surface area contributed by atoms with Crippen molar-refractivity contribution in [3.05, 3.63) is 40.2 Å². The van der Waals surface area contributed by atoms with Gasteiger partial charge in [0.05, 0.1) is 23.5 Å². The summed E-state index contributed by atoms with van der Waals surface area (Å²) in [5, 5.41) is 4.90. The number of hydrogen-bond acceptors (Lipinski definition) is 4. The number of ether oxygens (including phenoxy) is 2. The summed E-state index contributed by atoms with van der Waals surface area (Å²) in [6, 6.07) is 5.82. The van der Waals surface area contributed by atoms with Crippen LogP contribution in [0.3, 0.4) is 0 Å². The van der Waals surface area contributed by atoms with Gasteiger partial charge in [-0.25, -0.2) is 0 Å². The minimum absolute atomic E-state index is 0.332. The van der Waals surface area contributed by atoms with Crippen LogP contribution in [0.15, 0.2) is 18.2 Å². The third kappa shape index (κ3) is 3.49. The van der Waals surface area contributed by atoms with Crippen LogP contribution in [-0.2, 0) is 20.1 Å². The highest BCUT2D eigenvalue weighted by atomic mass is 35.5. The molecule has 5 nitrogen and oxygen atoms in total. The van der Waals surface area contributed by atoms with E-state index in [2.05, 4.69) is 5.10 Å². The summed E-state index contributed by atoms with van der Waals surface area (Å²) in [5.41, 5.74) is 8.33. The molecular weight excluding hydrogens is 290 g/mol. The fraction of sp³-hybridized carbons (Fsp3) is 0.400. The van der Waals surface area contributed by atoms with Gasteiger partial charge >= 0.3 is 0 Å². The lowest BCUT2D eigenvalue weighted by Gasteiger charge is -2.12. The summed E-state index contributed by atoms with van der Waals surface area (Å²) in [4.78, 5) is 0. The second-order valence-electron chi connectivity index (χ2n) is 4.78. The summed E-state index contributed by atoms with van der Waals surface area (Å²) in [7, 11) is 3.46. The molecule has 0 fully saturated rings. The molecular formula is C15H20ClN3O2. The Morgan fingerprint density at radius 3 is 2.67 bits per heavy atom. The maximum atomic E-state index is 6.22. The summed E-state index contributed by atoms with van der Waals surface area (Å²) < 4.78 is 12.9. The number of nitrogens with two attached hydrogens (primary N) is 1. The highest BCUT2D eigenvalue weighted by molar-refractivity contribution is 6.31. The monoisotopic (exact) mass is 309 g/mol. The van der Waals surface area contributed by atoms with Crippen LogP contribution < -0.4 is 15.2 Å². The summed E-state index contributed by atoms with van der Waals surface area (Å²) in [5.74, 6) is 1.36. The summed E-state index contributed by atoms with van der Waals surface area (Å²) in [6.07, 6.45) is 0.798. The molecule has 0 saturated heterocycles. The standard InChI is InChI=1S/C15H20ClN3O2/c1-10-15(16)12(19(2)18-10)9-21-14-8-11(6-7-17)4-5-13(14)20-3/h4-5,8H,6-7,9,17H2,1-3H3. The number of aryl methyl sites for hydroxylation is 2. The molecule has 0 aliphatic rings. The summed E-state index contributed by atoms with van der Waals surface area (Å²) in [6.45, 7) is 2.80. The minimum Gasteiger partial charge on any atom is -0.493 e. The minimum atomic E-state index is 0.332. The van der Waals surface area contributed by atoms with Crippen LogP contribution in [0.2, 0.25) is 5.02 Å². The van der Waals surface area contributed by atoms with Gasteiger partial charge in [-0.2, -0.15) is 5.10 Å². The lowest BCUT2D eigenvalue weighted by atomic mass is 10.1. The highest BCUT2D eigenvalue weighted by Gasteiger charge is 2.13. The zero-order valence-electron chi connectivity index (χ0n) is 12.5. The fourth-order valence-corrected chi connectivity index (χ4v) is 2.35. The lowest BCUT2D eigenvalue weighted by molar-refractivity contribution is 0.275. The van der Waals surface area contributed by atoms with Crippen LogP contribution >= 0.6 is 11.6 Å². The first-order valence-corrected chi connectivity index (χ1v) is 7.12. The molecule has 114 valence electrons. The first-order chi connectivity index (χ1) is 10.1. The van der Waals surface area contributed by atoms with Crippen molar-refractivity contribution >= 4 is 11.6 Å². The molecule has 0 aliphatic carbocycles. The zero-order chi connectivity index (χ0) is 15.4. The van der Waals surface area contributed by atoms with Crippen molar-refractivity contribution in [2.24, 2.45) is 12.8 Å². The third-order valence-corrected chi connectivity index (χ3v) is 3.78. The van der Waals surface area contributed by atoms with Crippen molar-refractivity contribution in [3.63, 3.8) is 0 Å². The van der Waals surface area contributed by atoms with Crippen LogP contribution in [0, 0.1) is 6.92 Å². The molecule has 2 N–H and O–H groups in total. The molecule has 0 aliphatic heterocycles. The van der Waals surface area contributed by atoms with E-state index < -0.39 is 0 Å². The average molecular weight is 310 g/mol. The van der Waals surface area contributed by atoms with Crippen LogP contribution in [0.25, 0.3) is 0 Å². The van der Waals surface area contributed by atoms with E-state index in [0.717, 1.165) is 23.4 Å².